The van der Waals surface area contributed by atoms with E-state index in [1.54, 1.807) is 13.1 Å². The summed E-state index contributed by atoms with van der Waals surface area (Å²) in [5.41, 5.74) is -0.810. The van der Waals surface area contributed by atoms with Gasteiger partial charge in [-0.05, 0) is 18.6 Å². The summed E-state index contributed by atoms with van der Waals surface area (Å²) in [5.74, 6) is -0.366. The predicted molar refractivity (Wildman–Crippen MR) is 87.2 cm³/mol. The second-order valence-electron chi connectivity index (χ2n) is 5.05. The van der Waals surface area contributed by atoms with Crippen LogP contribution in [0.3, 0.4) is 0 Å². The summed E-state index contributed by atoms with van der Waals surface area (Å²) in [6.45, 7) is 1.80. The maximum absolute atomic E-state index is 12.8. The van der Waals surface area contributed by atoms with E-state index in [4.69, 9.17) is 28.5 Å². The fourth-order valence-corrected chi connectivity index (χ4v) is 2.81. The van der Waals surface area contributed by atoms with Crippen molar-refractivity contribution in [2.75, 3.05) is 5.32 Å². The Morgan fingerprint density at radius 1 is 1.36 bits per heavy atom. The average molecular weight is 391 g/mol. The van der Waals surface area contributed by atoms with Gasteiger partial charge in [0, 0.05) is 17.5 Å². The second kappa shape index (κ2) is 7.33. The number of amides is 1. The van der Waals surface area contributed by atoms with Gasteiger partial charge in [0.05, 0.1) is 21.8 Å². The maximum atomic E-state index is 12.8. The molecular weight excluding hydrogens is 380 g/mol. The standard InChI is InChI=1S/C15H11Cl2F3N4O/c1-2-3-12(25)22-14-9(6-24(7-21)23-14)13-10(16)4-8(5-11(13)17)15(18,19)20/h4-6H,2-3H2,1H3,(H,22,23,25). The number of nitrogens with one attached hydrogen (secondary N) is 1. The number of halogens is 5. The number of carbonyl (C=O) groups is 1. The highest BCUT2D eigenvalue weighted by Crippen LogP contribution is 2.42. The van der Waals surface area contributed by atoms with Crippen LogP contribution < -0.4 is 5.32 Å². The highest BCUT2D eigenvalue weighted by Gasteiger charge is 2.32. The van der Waals surface area contributed by atoms with Crippen LogP contribution in [0, 0.1) is 11.5 Å². The molecule has 0 bridgehead atoms. The Bertz CT molecular complexity index is 832. The molecule has 1 amide bonds. The van der Waals surface area contributed by atoms with Gasteiger partial charge in [0.2, 0.25) is 12.1 Å². The molecule has 0 aliphatic heterocycles. The van der Waals surface area contributed by atoms with Crippen molar-refractivity contribution in [3.63, 3.8) is 0 Å². The van der Waals surface area contributed by atoms with Gasteiger partial charge in [0.15, 0.2) is 5.82 Å². The molecule has 0 unspecified atom stereocenters. The topological polar surface area (TPSA) is 70.7 Å². The third-order valence-corrected chi connectivity index (χ3v) is 3.79. The van der Waals surface area contributed by atoms with Gasteiger partial charge in [-0.2, -0.15) is 23.1 Å². The fraction of sp³-hybridized carbons (Fsp3) is 0.267. The summed E-state index contributed by atoms with van der Waals surface area (Å²) in [7, 11) is 0. The number of rotatable bonds is 4. The highest BCUT2D eigenvalue weighted by molar-refractivity contribution is 6.39. The number of nitrogens with zero attached hydrogens (tertiary/aromatic N) is 3. The van der Waals surface area contributed by atoms with Crippen LogP contribution in [0.15, 0.2) is 18.3 Å². The third-order valence-electron chi connectivity index (χ3n) is 3.19. The van der Waals surface area contributed by atoms with Crippen molar-refractivity contribution in [2.45, 2.75) is 25.9 Å². The van der Waals surface area contributed by atoms with E-state index in [2.05, 4.69) is 10.4 Å². The predicted octanol–water partition coefficient (Wildman–Crippen LogP) is 4.94. The first-order chi connectivity index (χ1) is 11.7. The van der Waals surface area contributed by atoms with E-state index >= 15 is 0 Å². The Labute approximate surface area is 150 Å². The van der Waals surface area contributed by atoms with Crippen LogP contribution in [0.5, 0.6) is 0 Å². The molecule has 2 aromatic rings. The van der Waals surface area contributed by atoms with E-state index in [0.29, 0.717) is 6.42 Å². The molecule has 132 valence electrons. The molecule has 1 N–H and O–H groups in total. The van der Waals surface area contributed by atoms with Crippen LogP contribution in [0.2, 0.25) is 10.0 Å². The largest absolute Gasteiger partial charge is 0.416 e. The molecule has 1 aromatic carbocycles. The van der Waals surface area contributed by atoms with Crippen molar-refractivity contribution in [1.29, 1.82) is 5.26 Å². The molecule has 0 aliphatic carbocycles. The van der Waals surface area contributed by atoms with E-state index in [-0.39, 0.29) is 39.3 Å². The minimum atomic E-state index is -4.61. The number of benzene rings is 1. The van der Waals surface area contributed by atoms with Gasteiger partial charge in [-0.1, -0.05) is 30.1 Å². The normalized spacial score (nSPS) is 11.2. The monoisotopic (exact) mass is 390 g/mol. The van der Waals surface area contributed by atoms with Crippen LogP contribution in [0.25, 0.3) is 11.1 Å². The van der Waals surface area contributed by atoms with E-state index in [1.165, 1.54) is 6.20 Å². The molecule has 10 heteroatoms. The lowest BCUT2D eigenvalue weighted by molar-refractivity contribution is -0.137. The number of hydrogen-bond donors (Lipinski definition) is 1. The van der Waals surface area contributed by atoms with Gasteiger partial charge < -0.3 is 5.32 Å². The Kier molecular flexibility index (Phi) is 5.60. The number of alkyl halides is 3. The van der Waals surface area contributed by atoms with E-state index < -0.39 is 11.7 Å². The molecule has 1 heterocycles. The smallest absolute Gasteiger partial charge is 0.309 e. The van der Waals surface area contributed by atoms with Gasteiger partial charge in [-0.3, -0.25) is 4.79 Å². The second-order valence-corrected chi connectivity index (χ2v) is 5.86. The van der Waals surface area contributed by atoms with E-state index in [0.717, 1.165) is 16.8 Å². The SMILES string of the molecule is CCCC(=O)Nc1nn(C#N)cc1-c1c(Cl)cc(C(F)(F)F)cc1Cl. The van der Waals surface area contributed by atoms with Gasteiger partial charge >= 0.3 is 6.18 Å². The Balaban J connectivity index is 2.57. The van der Waals surface area contributed by atoms with E-state index in [9.17, 15) is 18.0 Å². The highest BCUT2D eigenvalue weighted by atomic mass is 35.5. The third kappa shape index (κ3) is 4.24. The molecule has 0 fully saturated rings. The van der Waals surface area contributed by atoms with Crippen LogP contribution in [-0.2, 0) is 11.0 Å². The quantitative estimate of drug-likeness (QED) is 0.802. The molecule has 2 rings (SSSR count). The van der Waals surface area contributed by atoms with Crippen molar-refractivity contribution >= 4 is 34.9 Å². The van der Waals surface area contributed by atoms with Crippen molar-refractivity contribution in [2.24, 2.45) is 0 Å². The summed E-state index contributed by atoms with van der Waals surface area (Å²) < 4.78 is 39.4. The van der Waals surface area contributed by atoms with Crippen molar-refractivity contribution < 1.29 is 18.0 Å². The fourth-order valence-electron chi connectivity index (χ4n) is 2.12. The molecule has 0 aliphatic rings. The number of carbonyl (C=O) groups excluding carboxylic acids is 1. The van der Waals surface area contributed by atoms with Gasteiger partial charge in [0.1, 0.15) is 0 Å². The lowest BCUT2D eigenvalue weighted by atomic mass is 10.1. The summed E-state index contributed by atoms with van der Waals surface area (Å²) in [5, 5.41) is 14.8. The molecule has 25 heavy (non-hydrogen) atoms. The van der Waals surface area contributed by atoms with Gasteiger partial charge in [-0.15, -0.1) is 5.10 Å². The number of nitriles is 1. The Morgan fingerprint density at radius 3 is 2.44 bits per heavy atom. The average Bonchev–Trinajstić information content (AvgIpc) is 2.88. The van der Waals surface area contributed by atoms with Crippen LogP contribution in [0.4, 0.5) is 19.0 Å². The van der Waals surface area contributed by atoms with Gasteiger partial charge in [0.25, 0.3) is 0 Å². The summed E-state index contributed by atoms with van der Waals surface area (Å²) in [6, 6.07) is 1.45. The first-order valence-electron chi connectivity index (χ1n) is 7.03. The zero-order chi connectivity index (χ0) is 18.8. The van der Waals surface area contributed by atoms with Crippen molar-refractivity contribution in [3.8, 4) is 17.3 Å². The molecular formula is C15H11Cl2F3N4O. The summed E-state index contributed by atoms with van der Waals surface area (Å²) >= 11 is 12.0. The lowest BCUT2D eigenvalue weighted by Crippen LogP contribution is -2.12. The maximum Gasteiger partial charge on any atom is 0.416 e. The minimum Gasteiger partial charge on any atom is -0.309 e. The Morgan fingerprint density at radius 2 is 1.96 bits per heavy atom. The first-order valence-corrected chi connectivity index (χ1v) is 7.79. The molecule has 0 saturated heterocycles. The van der Waals surface area contributed by atoms with Crippen LogP contribution in [0.1, 0.15) is 25.3 Å². The molecule has 0 saturated carbocycles. The lowest BCUT2D eigenvalue weighted by Gasteiger charge is -2.12. The number of aromatic nitrogens is 2. The number of anilines is 1. The Hall–Kier alpha value is -2.24. The van der Waals surface area contributed by atoms with Crippen LogP contribution >= 0.6 is 23.2 Å². The molecule has 0 atom stereocenters. The number of hydrogen-bond acceptors (Lipinski definition) is 3. The van der Waals surface area contributed by atoms with Gasteiger partial charge in [-0.25, -0.2) is 0 Å². The summed E-state index contributed by atoms with van der Waals surface area (Å²) in [4.78, 5) is 11.8. The van der Waals surface area contributed by atoms with Crippen LogP contribution in [-0.4, -0.2) is 15.7 Å². The molecule has 0 radical (unpaired) electrons. The zero-order valence-corrected chi connectivity index (χ0v) is 14.3. The zero-order valence-electron chi connectivity index (χ0n) is 12.8. The molecule has 5 nitrogen and oxygen atoms in total. The molecule has 1 aromatic heterocycles. The van der Waals surface area contributed by atoms with Crippen molar-refractivity contribution in [1.82, 2.24) is 9.78 Å². The first kappa shape index (κ1) is 19.1. The molecule has 0 spiro atoms. The summed E-state index contributed by atoms with van der Waals surface area (Å²) in [6.07, 6.45) is -0.860. The van der Waals surface area contributed by atoms with E-state index in [1.807, 2.05) is 0 Å². The minimum absolute atomic E-state index is 0.0106. The van der Waals surface area contributed by atoms with Crippen molar-refractivity contribution in [3.05, 3.63) is 33.9 Å².